The first kappa shape index (κ1) is 23.5. The summed E-state index contributed by atoms with van der Waals surface area (Å²) in [5.41, 5.74) is 2.14. The molecule has 1 saturated heterocycles. The van der Waals surface area contributed by atoms with Crippen LogP contribution in [-0.2, 0) is 17.9 Å². The minimum Gasteiger partial charge on any atom is -0.497 e. The summed E-state index contributed by atoms with van der Waals surface area (Å²) in [5.74, 6) is 2.61. The number of nitrogens with one attached hydrogen (secondary N) is 1. The van der Waals surface area contributed by atoms with Crippen molar-refractivity contribution in [2.45, 2.75) is 58.5 Å². The van der Waals surface area contributed by atoms with Gasteiger partial charge in [0.05, 0.1) is 26.5 Å². The number of hydrogen-bond donors (Lipinski definition) is 1. The summed E-state index contributed by atoms with van der Waals surface area (Å²) in [6.45, 7) is 7.94. The van der Waals surface area contributed by atoms with Gasteiger partial charge in [0, 0.05) is 36.5 Å². The molecule has 1 fully saturated rings. The van der Waals surface area contributed by atoms with E-state index in [9.17, 15) is 4.79 Å². The van der Waals surface area contributed by atoms with Gasteiger partial charge in [-0.2, -0.15) is 0 Å². The molecule has 0 spiro atoms. The molecule has 7 heteroatoms. The Morgan fingerprint density at radius 3 is 2.87 bits per heavy atom. The highest BCUT2D eigenvalue weighted by molar-refractivity contribution is 7.09. The highest BCUT2D eigenvalue weighted by atomic mass is 32.1. The average Bonchev–Trinajstić information content (AvgIpc) is 3.25. The fourth-order valence-electron chi connectivity index (χ4n) is 4.00. The number of carbonyl (C=O) groups excluding carboxylic acids is 1. The molecule has 1 aromatic heterocycles. The number of ether oxygens (including phenoxy) is 2. The maximum absolute atomic E-state index is 12.4. The SMILES string of the molecule is COc1ccc(CNC(=O)CC[C@@H]2CCCN(Cc3nc(C(C)C)cs3)C2)c(OC)c1. The Morgan fingerprint density at radius 2 is 2.16 bits per heavy atom. The summed E-state index contributed by atoms with van der Waals surface area (Å²) >= 11 is 1.77. The van der Waals surface area contributed by atoms with Crippen molar-refractivity contribution in [3.63, 3.8) is 0 Å². The summed E-state index contributed by atoms with van der Waals surface area (Å²) in [5, 5.41) is 6.42. The normalized spacial score (nSPS) is 17.0. The number of thiazole rings is 1. The van der Waals surface area contributed by atoms with Crippen LogP contribution in [0.3, 0.4) is 0 Å². The molecular weight excluding hydrogens is 410 g/mol. The maximum Gasteiger partial charge on any atom is 0.220 e. The van der Waals surface area contributed by atoms with Crippen LogP contribution in [-0.4, -0.2) is 43.1 Å². The number of piperidine rings is 1. The van der Waals surface area contributed by atoms with E-state index in [1.54, 1.807) is 25.6 Å². The Labute approximate surface area is 190 Å². The third kappa shape index (κ3) is 6.94. The number of nitrogens with zero attached hydrogens (tertiary/aromatic N) is 2. The minimum atomic E-state index is 0.0940. The molecule has 6 nitrogen and oxygen atoms in total. The van der Waals surface area contributed by atoms with Crippen LogP contribution in [0.5, 0.6) is 11.5 Å². The number of likely N-dealkylation sites (tertiary alicyclic amines) is 1. The molecule has 1 aliphatic heterocycles. The predicted molar refractivity (Wildman–Crippen MR) is 125 cm³/mol. The van der Waals surface area contributed by atoms with E-state index in [-0.39, 0.29) is 5.91 Å². The zero-order valence-electron chi connectivity index (χ0n) is 19.1. The second-order valence-electron chi connectivity index (χ2n) is 8.56. The maximum atomic E-state index is 12.4. The van der Waals surface area contributed by atoms with Gasteiger partial charge in [-0.1, -0.05) is 13.8 Å². The van der Waals surface area contributed by atoms with Gasteiger partial charge in [-0.3, -0.25) is 9.69 Å². The van der Waals surface area contributed by atoms with Crippen LogP contribution in [0.25, 0.3) is 0 Å². The summed E-state index contributed by atoms with van der Waals surface area (Å²) in [6, 6.07) is 5.65. The van der Waals surface area contributed by atoms with E-state index in [2.05, 4.69) is 29.4 Å². The van der Waals surface area contributed by atoms with Crippen LogP contribution in [0, 0.1) is 5.92 Å². The standard InChI is InChI=1S/C24H35N3O3S/c1-17(2)21-16-31-24(26-21)15-27-11-5-6-18(14-27)7-10-23(28)25-13-19-8-9-20(29-3)12-22(19)30-4/h8-9,12,16-18H,5-7,10-11,13-15H2,1-4H3,(H,25,28)/t18-/m0/s1. The van der Waals surface area contributed by atoms with Crippen molar-refractivity contribution in [2.75, 3.05) is 27.3 Å². The Kier molecular flexibility index (Phi) is 8.72. The summed E-state index contributed by atoms with van der Waals surface area (Å²) in [4.78, 5) is 19.7. The molecule has 2 aromatic rings. The molecule has 1 N–H and O–H groups in total. The minimum absolute atomic E-state index is 0.0940. The Bertz CT molecular complexity index is 852. The third-order valence-electron chi connectivity index (χ3n) is 5.87. The zero-order chi connectivity index (χ0) is 22.2. The van der Waals surface area contributed by atoms with Crippen molar-refractivity contribution < 1.29 is 14.3 Å². The summed E-state index contributed by atoms with van der Waals surface area (Å²) in [6.07, 6.45) is 3.88. The van der Waals surface area contributed by atoms with Gasteiger partial charge in [0.15, 0.2) is 0 Å². The van der Waals surface area contributed by atoms with Crippen molar-refractivity contribution in [1.29, 1.82) is 0 Å². The topological polar surface area (TPSA) is 63.7 Å². The number of rotatable bonds is 10. The first-order chi connectivity index (χ1) is 15.0. The third-order valence-corrected chi connectivity index (χ3v) is 6.72. The zero-order valence-corrected chi connectivity index (χ0v) is 20.0. The lowest BCUT2D eigenvalue weighted by Gasteiger charge is -2.32. The van der Waals surface area contributed by atoms with Crippen molar-refractivity contribution in [3.8, 4) is 11.5 Å². The molecule has 0 aliphatic carbocycles. The molecule has 2 heterocycles. The van der Waals surface area contributed by atoms with E-state index in [1.165, 1.54) is 23.5 Å². The van der Waals surface area contributed by atoms with Gasteiger partial charge in [-0.25, -0.2) is 4.98 Å². The van der Waals surface area contributed by atoms with Crippen LogP contribution in [0.15, 0.2) is 23.6 Å². The van der Waals surface area contributed by atoms with Crippen LogP contribution < -0.4 is 14.8 Å². The molecule has 0 bridgehead atoms. The van der Waals surface area contributed by atoms with Gasteiger partial charge in [-0.15, -0.1) is 11.3 Å². The smallest absolute Gasteiger partial charge is 0.220 e. The molecular formula is C24H35N3O3S. The van der Waals surface area contributed by atoms with E-state index in [1.807, 2.05) is 18.2 Å². The molecule has 0 unspecified atom stereocenters. The predicted octanol–water partition coefficient (Wildman–Crippen LogP) is 4.59. The number of methoxy groups -OCH3 is 2. The van der Waals surface area contributed by atoms with Crippen LogP contribution >= 0.6 is 11.3 Å². The lowest BCUT2D eigenvalue weighted by atomic mass is 9.93. The molecule has 1 aliphatic rings. The Morgan fingerprint density at radius 1 is 1.32 bits per heavy atom. The van der Waals surface area contributed by atoms with Crippen LogP contribution in [0.1, 0.15) is 61.7 Å². The lowest BCUT2D eigenvalue weighted by molar-refractivity contribution is -0.121. The second-order valence-corrected chi connectivity index (χ2v) is 9.50. The molecule has 3 rings (SSSR count). The number of aromatic nitrogens is 1. The van der Waals surface area contributed by atoms with Gasteiger partial charge in [0.1, 0.15) is 16.5 Å². The molecule has 1 atom stereocenters. The van der Waals surface area contributed by atoms with Crippen LogP contribution in [0.2, 0.25) is 0 Å². The van der Waals surface area contributed by atoms with E-state index < -0.39 is 0 Å². The van der Waals surface area contributed by atoms with Crippen LogP contribution in [0.4, 0.5) is 0 Å². The van der Waals surface area contributed by atoms with E-state index in [0.717, 1.165) is 43.1 Å². The summed E-state index contributed by atoms with van der Waals surface area (Å²) < 4.78 is 10.6. The van der Waals surface area contributed by atoms with Gasteiger partial charge in [-0.05, 0) is 49.8 Å². The molecule has 170 valence electrons. The van der Waals surface area contributed by atoms with Gasteiger partial charge >= 0.3 is 0 Å². The number of amides is 1. The summed E-state index contributed by atoms with van der Waals surface area (Å²) in [7, 11) is 3.26. The molecule has 1 aromatic carbocycles. The largest absolute Gasteiger partial charge is 0.497 e. The van der Waals surface area contributed by atoms with Crippen molar-refractivity contribution in [3.05, 3.63) is 39.8 Å². The van der Waals surface area contributed by atoms with E-state index >= 15 is 0 Å². The first-order valence-electron chi connectivity index (χ1n) is 11.1. The number of benzene rings is 1. The quantitative estimate of drug-likeness (QED) is 0.579. The molecule has 0 saturated carbocycles. The average molecular weight is 446 g/mol. The monoisotopic (exact) mass is 445 g/mol. The van der Waals surface area contributed by atoms with Crippen molar-refractivity contribution in [2.24, 2.45) is 5.92 Å². The van der Waals surface area contributed by atoms with Gasteiger partial charge < -0.3 is 14.8 Å². The first-order valence-corrected chi connectivity index (χ1v) is 12.0. The molecule has 31 heavy (non-hydrogen) atoms. The Balaban J connectivity index is 1.42. The molecule has 0 radical (unpaired) electrons. The van der Waals surface area contributed by atoms with Crippen molar-refractivity contribution in [1.82, 2.24) is 15.2 Å². The van der Waals surface area contributed by atoms with E-state index in [4.69, 9.17) is 14.5 Å². The highest BCUT2D eigenvalue weighted by Crippen LogP contribution is 2.26. The highest BCUT2D eigenvalue weighted by Gasteiger charge is 2.22. The van der Waals surface area contributed by atoms with Gasteiger partial charge in [0.2, 0.25) is 5.91 Å². The fourth-order valence-corrected chi connectivity index (χ4v) is 5.00. The number of hydrogen-bond acceptors (Lipinski definition) is 6. The number of carbonyl (C=O) groups is 1. The Hall–Kier alpha value is -2.12. The molecule has 1 amide bonds. The lowest BCUT2D eigenvalue weighted by Crippen LogP contribution is -2.35. The van der Waals surface area contributed by atoms with Gasteiger partial charge in [0.25, 0.3) is 0 Å². The van der Waals surface area contributed by atoms with E-state index in [0.29, 0.717) is 24.8 Å². The van der Waals surface area contributed by atoms with Crippen molar-refractivity contribution >= 4 is 17.2 Å². The fraction of sp³-hybridized carbons (Fsp3) is 0.583. The second kappa shape index (κ2) is 11.5.